The number of rotatable bonds is 6. The van der Waals surface area contributed by atoms with Gasteiger partial charge in [-0.05, 0) is 43.7 Å². The number of hydrogen-bond acceptors (Lipinski definition) is 3. The van der Waals surface area contributed by atoms with E-state index in [1.807, 2.05) is 32.0 Å². The predicted octanol–water partition coefficient (Wildman–Crippen LogP) is 4.10. The number of benzene rings is 2. The van der Waals surface area contributed by atoms with Gasteiger partial charge < -0.3 is 9.47 Å². The van der Waals surface area contributed by atoms with Crippen molar-refractivity contribution in [2.45, 2.75) is 13.8 Å². The van der Waals surface area contributed by atoms with Crippen LogP contribution in [0.4, 0.5) is 4.39 Å². The molecular formula is C17H17FO3. The van der Waals surface area contributed by atoms with Gasteiger partial charge in [0, 0.05) is 0 Å². The third kappa shape index (κ3) is 3.21. The number of carbonyl (C=O) groups is 1. The predicted molar refractivity (Wildman–Crippen MR) is 79.6 cm³/mol. The molecule has 110 valence electrons. The Hall–Kier alpha value is -2.36. The summed E-state index contributed by atoms with van der Waals surface area (Å²) in [6.07, 6.45) is 0.497. The maximum Gasteiger partial charge on any atom is 0.152 e. The van der Waals surface area contributed by atoms with Crippen LogP contribution in [0, 0.1) is 5.82 Å². The van der Waals surface area contributed by atoms with Crippen molar-refractivity contribution in [3.8, 4) is 22.6 Å². The molecule has 0 aliphatic rings. The van der Waals surface area contributed by atoms with Crippen LogP contribution >= 0.6 is 0 Å². The maximum absolute atomic E-state index is 13.9. The lowest BCUT2D eigenvalue weighted by Gasteiger charge is -2.15. The largest absolute Gasteiger partial charge is 0.493 e. The van der Waals surface area contributed by atoms with Crippen LogP contribution in [0.2, 0.25) is 0 Å². The monoisotopic (exact) mass is 288 g/mol. The highest BCUT2D eigenvalue weighted by molar-refractivity contribution is 5.81. The van der Waals surface area contributed by atoms with E-state index in [1.54, 1.807) is 6.07 Å². The molecule has 0 aromatic heterocycles. The Morgan fingerprint density at radius 1 is 1.05 bits per heavy atom. The van der Waals surface area contributed by atoms with Crippen molar-refractivity contribution < 1.29 is 18.7 Å². The summed E-state index contributed by atoms with van der Waals surface area (Å²) in [5.41, 5.74) is 1.34. The lowest BCUT2D eigenvalue weighted by molar-refractivity contribution is 0.112. The maximum atomic E-state index is 13.9. The molecule has 2 rings (SSSR count). The van der Waals surface area contributed by atoms with E-state index in [1.165, 1.54) is 12.1 Å². The molecule has 0 atom stereocenters. The van der Waals surface area contributed by atoms with Gasteiger partial charge in [0.25, 0.3) is 0 Å². The second-order valence-electron chi connectivity index (χ2n) is 4.35. The van der Waals surface area contributed by atoms with Crippen molar-refractivity contribution in [1.82, 2.24) is 0 Å². The van der Waals surface area contributed by atoms with E-state index >= 15 is 0 Å². The zero-order valence-corrected chi connectivity index (χ0v) is 12.1. The highest BCUT2D eigenvalue weighted by Gasteiger charge is 2.14. The molecule has 0 aliphatic carbocycles. The third-order valence-corrected chi connectivity index (χ3v) is 3.00. The zero-order chi connectivity index (χ0) is 15.2. The third-order valence-electron chi connectivity index (χ3n) is 3.00. The van der Waals surface area contributed by atoms with Crippen molar-refractivity contribution in [2.75, 3.05) is 13.2 Å². The Bertz CT molecular complexity index is 614. The van der Waals surface area contributed by atoms with Gasteiger partial charge in [-0.2, -0.15) is 0 Å². The van der Waals surface area contributed by atoms with Crippen molar-refractivity contribution >= 4 is 6.29 Å². The van der Waals surface area contributed by atoms with E-state index in [0.717, 1.165) is 0 Å². The lowest BCUT2D eigenvalue weighted by atomic mass is 10.0. The topological polar surface area (TPSA) is 35.5 Å². The average molecular weight is 288 g/mol. The van der Waals surface area contributed by atoms with Crippen LogP contribution in [-0.2, 0) is 0 Å². The molecule has 3 nitrogen and oxygen atoms in total. The van der Waals surface area contributed by atoms with Gasteiger partial charge in [-0.15, -0.1) is 0 Å². The molecule has 0 fully saturated rings. The summed E-state index contributed by atoms with van der Waals surface area (Å²) < 4.78 is 25.1. The van der Waals surface area contributed by atoms with Crippen LogP contribution in [-0.4, -0.2) is 19.5 Å². The Labute approximate surface area is 123 Å². The second-order valence-corrected chi connectivity index (χ2v) is 4.35. The van der Waals surface area contributed by atoms with Crippen molar-refractivity contribution in [3.05, 3.63) is 47.8 Å². The Balaban J connectivity index is 2.59. The molecule has 2 aromatic rings. The van der Waals surface area contributed by atoms with E-state index in [-0.39, 0.29) is 5.56 Å². The number of aldehydes is 1. The van der Waals surface area contributed by atoms with Gasteiger partial charge in [-0.1, -0.05) is 12.1 Å². The molecular weight excluding hydrogens is 271 g/mol. The number of halogens is 1. The minimum Gasteiger partial charge on any atom is -0.493 e. The Morgan fingerprint density at radius 2 is 1.67 bits per heavy atom. The van der Waals surface area contributed by atoms with Gasteiger partial charge in [0.05, 0.1) is 24.3 Å². The Morgan fingerprint density at radius 3 is 2.14 bits per heavy atom. The molecule has 0 saturated heterocycles. The van der Waals surface area contributed by atoms with Crippen molar-refractivity contribution in [1.29, 1.82) is 0 Å². The van der Waals surface area contributed by atoms with Crippen LogP contribution < -0.4 is 9.47 Å². The molecule has 0 saturated carbocycles. The summed E-state index contributed by atoms with van der Waals surface area (Å²) in [6.45, 7) is 4.76. The van der Waals surface area contributed by atoms with Gasteiger partial charge in [0.2, 0.25) is 0 Å². The summed E-state index contributed by atoms with van der Waals surface area (Å²) in [5, 5.41) is 0. The van der Waals surface area contributed by atoms with Gasteiger partial charge in [0.15, 0.2) is 6.29 Å². The number of ether oxygens (including phenoxy) is 2. The van der Waals surface area contributed by atoms with E-state index in [4.69, 9.17) is 9.47 Å². The normalized spacial score (nSPS) is 10.2. The van der Waals surface area contributed by atoms with Gasteiger partial charge in [0.1, 0.15) is 17.3 Å². The molecule has 0 unspecified atom stereocenters. The quantitative estimate of drug-likeness (QED) is 0.751. The van der Waals surface area contributed by atoms with Crippen LogP contribution in [0.5, 0.6) is 11.5 Å². The van der Waals surface area contributed by atoms with Crippen LogP contribution in [0.1, 0.15) is 24.2 Å². The fraction of sp³-hybridized carbons (Fsp3) is 0.235. The first kappa shape index (κ1) is 15.0. The zero-order valence-electron chi connectivity index (χ0n) is 12.1. The molecule has 0 aliphatic heterocycles. The molecule has 0 spiro atoms. The van der Waals surface area contributed by atoms with E-state index in [2.05, 4.69) is 0 Å². The number of carbonyl (C=O) groups excluding carboxylic acids is 1. The van der Waals surface area contributed by atoms with Crippen LogP contribution in [0.15, 0.2) is 36.4 Å². The van der Waals surface area contributed by atoms with Crippen LogP contribution in [0.25, 0.3) is 11.1 Å². The van der Waals surface area contributed by atoms with E-state index in [0.29, 0.717) is 42.1 Å². The van der Waals surface area contributed by atoms with Gasteiger partial charge in [-0.3, -0.25) is 4.79 Å². The number of hydrogen-bond donors (Lipinski definition) is 0. The Kier molecular flexibility index (Phi) is 4.93. The fourth-order valence-corrected chi connectivity index (χ4v) is 2.13. The minimum absolute atomic E-state index is 0.0330. The summed E-state index contributed by atoms with van der Waals surface area (Å²) >= 11 is 0. The first-order valence-corrected chi connectivity index (χ1v) is 6.85. The van der Waals surface area contributed by atoms with Crippen molar-refractivity contribution in [2.24, 2.45) is 0 Å². The van der Waals surface area contributed by atoms with Crippen LogP contribution in [0.3, 0.4) is 0 Å². The standard InChI is InChI=1S/C17H17FO3/c1-3-20-15-6-5-7-16(21-4-2)17(15)12-8-9-13(11-19)14(18)10-12/h5-11H,3-4H2,1-2H3. The molecule has 0 heterocycles. The molecule has 2 aromatic carbocycles. The highest BCUT2D eigenvalue weighted by Crippen LogP contribution is 2.39. The lowest BCUT2D eigenvalue weighted by Crippen LogP contribution is -1.99. The molecule has 0 bridgehead atoms. The SMILES string of the molecule is CCOc1cccc(OCC)c1-c1ccc(C=O)c(F)c1. The fourth-order valence-electron chi connectivity index (χ4n) is 2.13. The first-order chi connectivity index (χ1) is 10.2. The summed E-state index contributed by atoms with van der Waals surface area (Å²) in [7, 11) is 0. The second kappa shape index (κ2) is 6.88. The molecule has 21 heavy (non-hydrogen) atoms. The smallest absolute Gasteiger partial charge is 0.152 e. The molecule has 0 N–H and O–H groups in total. The summed E-state index contributed by atoms with van der Waals surface area (Å²) in [6, 6.07) is 9.92. The first-order valence-electron chi connectivity index (χ1n) is 6.85. The van der Waals surface area contributed by atoms with Gasteiger partial charge >= 0.3 is 0 Å². The van der Waals surface area contributed by atoms with E-state index < -0.39 is 5.82 Å². The summed E-state index contributed by atoms with van der Waals surface area (Å²) in [4.78, 5) is 10.7. The van der Waals surface area contributed by atoms with Gasteiger partial charge in [-0.25, -0.2) is 4.39 Å². The van der Waals surface area contributed by atoms with Crippen molar-refractivity contribution in [3.63, 3.8) is 0 Å². The van der Waals surface area contributed by atoms with E-state index in [9.17, 15) is 9.18 Å². The summed E-state index contributed by atoms with van der Waals surface area (Å²) in [5.74, 6) is 0.694. The average Bonchev–Trinajstić information content (AvgIpc) is 2.48. The highest BCUT2D eigenvalue weighted by atomic mass is 19.1. The molecule has 0 radical (unpaired) electrons. The molecule has 0 amide bonds. The molecule has 4 heteroatoms. The minimum atomic E-state index is -0.559.